The molecule has 17 heavy (non-hydrogen) atoms. The number of halogens is 1. The molecule has 0 spiro atoms. The molecule has 0 bridgehead atoms. The molecule has 4 nitrogen and oxygen atoms in total. The van der Waals surface area contributed by atoms with E-state index in [0.717, 1.165) is 11.1 Å². The molecule has 2 aromatic rings. The summed E-state index contributed by atoms with van der Waals surface area (Å²) >= 11 is 0. The van der Waals surface area contributed by atoms with Gasteiger partial charge in [-0.25, -0.2) is 9.18 Å². The Labute approximate surface area is 97.1 Å². The fraction of sp³-hybridized carbons (Fsp3) is 0.167. The third-order valence-electron chi connectivity index (χ3n) is 2.67. The van der Waals surface area contributed by atoms with Crippen molar-refractivity contribution < 1.29 is 14.3 Å². The number of benzene rings is 1. The van der Waals surface area contributed by atoms with Crippen LogP contribution in [-0.4, -0.2) is 21.3 Å². The molecule has 5 heteroatoms. The molecule has 0 amide bonds. The Morgan fingerprint density at radius 3 is 2.53 bits per heavy atom. The van der Waals surface area contributed by atoms with Crippen LogP contribution < -0.4 is 0 Å². The Morgan fingerprint density at radius 2 is 1.94 bits per heavy atom. The third kappa shape index (κ3) is 2.04. The number of nitrogens with one attached hydrogen (secondary N) is 1. The van der Waals surface area contributed by atoms with Gasteiger partial charge < -0.3 is 5.11 Å². The van der Waals surface area contributed by atoms with Gasteiger partial charge in [0.25, 0.3) is 0 Å². The van der Waals surface area contributed by atoms with Crippen molar-refractivity contribution in [2.75, 3.05) is 0 Å². The number of carbonyl (C=O) groups is 1. The molecule has 88 valence electrons. The highest BCUT2D eigenvalue weighted by atomic mass is 19.1. The number of carboxylic acid groups (broad SMARTS) is 1. The van der Waals surface area contributed by atoms with Crippen molar-refractivity contribution in [2.24, 2.45) is 0 Å². The number of hydrogen-bond acceptors (Lipinski definition) is 2. The molecule has 1 heterocycles. The minimum absolute atomic E-state index is 0.0578. The van der Waals surface area contributed by atoms with Crippen molar-refractivity contribution in [1.82, 2.24) is 10.2 Å². The van der Waals surface area contributed by atoms with Crippen molar-refractivity contribution in [3.8, 4) is 11.3 Å². The lowest BCUT2D eigenvalue weighted by atomic mass is 10.0. The zero-order chi connectivity index (χ0) is 12.6. The highest BCUT2D eigenvalue weighted by Gasteiger charge is 2.13. The van der Waals surface area contributed by atoms with Crippen molar-refractivity contribution in [1.29, 1.82) is 0 Å². The number of hydrogen-bond donors (Lipinski definition) is 2. The van der Waals surface area contributed by atoms with Crippen LogP contribution in [0.3, 0.4) is 0 Å². The lowest BCUT2D eigenvalue weighted by Gasteiger charge is -2.04. The lowest BCUT2D eigenvalue weighted by Crippen LogP contribution is -1.95. The van der Waals surface area contributed by atoms with Crippen LogP contribution in [-0.2, 0) is 0 Å². The Hall–Kier alpha value is -2.17. The summed E-state index contributed by atoms with van der Waals surface area (Å²) in [6, 6.07) is 4.39. The number of nitrogens with zero attached hydrogens (tertiary/aromatic N) is 1. The van der Waals surface area contributed by atoms with Gasteiger partial charge in [-0.1, -0.05) is 0 Å². The highest BCUT2D eigenvalue weighted by Crippen LogP contribution is 2.24. The smallest absolute Gasteiger partial charge is 0.353 e. The van der Waals surface area contributed by atoms with Gasteiger partial charge in [0, 0.05) is 5.56 Å². The first-order valence-corrected chi connectivity index (χ1v) is 5.05. The summed E-state index contributed by atoms with van der Waals surface area (Å²) in [7, 11) is 0. The summed E-state index contributed by atoms with van der Waals surface area (Å²) < 4.78 is 13.7. The molecule has 1 aromatic heterocycles. The van der Waals surface area contributed by atoms with E-state index in [1.54, 1.807) is 6.07 Å². The maximum absolute atomic E-state index is 13.7. The molecule has 0 saturated carbocycles. The van der Waals surface area contributed by atoms with Gasteiger partial charge in [0.2, 0.25) is 0 Å². The second-order valence-corrected chi connectivity index (χ2v) is 3.89. The SMILES string of the molecule is Cc1cc(F)c(-c2cc(C(=O)O)[nH]n2)cc1C. The standard InChI is InChI=1S/C12H11FN2O2/c1-6-3-8(9(13)4-7(6)2)10-5-11(12(16)17)15-14-10/h3-5H,1-2H3,(H,14,15)(H,16,17). The van der Waals surface area contributed by atoms with E-state index in [1.165, 1.54) is 12.1 Å². The quantitative estimate of drug-likeness (QED) is 0.839. The Morgan fingerprint density at radius 1 is 1.29 bits per heavy atom. The maximum Gasteiger partial charge on any atom is 0.353 e. The molecule has 2 rings (SSSR count). The van der Waals surface area contributed by atoms with Gasteiger partial charge in [-0.3, -0.25) is 5.10 Å². The zero-order valence-electron chi connectivity index (χ0n) is 9.41. The van der Waals surface area contributed by atoms with Crippen LogP contribution in [0.4, 0.5) is 4.39 Å². The molecule has 0 saturated heterocycles. The van der Waals surface area contributed by atoms with Crippen LogP contribution in [0, 0.1) is 19.7 Å². The van der Waals surface area contributed by atoms with Crippen LogP contribution >= 0.6 is 0 Å². The summed E-state index contributed by atoms with van der Waals surface area (Å²) in [6.45, 7) is 3.68. The highest BCUT2D eigenvalue weighted by molar-refractivity contribution is 5.86. The molecule has 0 aliphatic carbocycles. The van der Waals surface area contributed by atoms with Gasteiger partial charge >= 0.3 is 5.97 Å². The van der Waals surface area contributed by atoms with Crippen molar-refractivity contribution >= 4 is 5.97 Å². The normalized spacial score (nSPS) is 10.5. The summed E-state index contributed by atoms with van der Waals surface area (Å²) in [6.07, 6.45) is 0. The summed E-state index contributed by atoms with van der Waals surface area (Å²) in [5, 5.41) is 14.9. The van der Waals surface area contributed by atoms with Gasteiger partial charge in [0.1, 0.15) is 11.5 Å². The van der Waals surface area contributed by atoms with Crippen LogP contribution in [0.2, 0.25) is 0 Å². The zero-order valence-corrected chi connectivity index (χ0v) is 9.41. The van der Waals surface area contributed by atoms with Crippen LogP contribution in [0.25, 0.3) is 11.3 Å². The van der Waals surface area contributed by atoms with Gasteiger partial charge in [0.15, 0.2) is 0 Å². The Balaban J connectivity index is 2.52. The van der Waals surface area contributed by atoms with E-state index in [2.05, 4.69) is 10.2 Å². The first-order valence-electron chi connectivity index (χ1n) is 5.05. The Bertz CT molecular complexity index is 590. The molecule has 0 aliphatic heterocycles. The van der Waals surface area contributed by atoms with Gasteiger partial charge in [0.05, 0.1) is 5.69 Å². The molecular formula is C12H11FN2O2. The van der Waals surface area contributed by atoms with E-state index in [-0.39, 0.29) is 5.69 Å². The predicted molar refractivity (Wildman–Crippen MR) is 60.4 cm³/mol. The molecule has 0 fully saturated rings. The monoisotopic (exact) mass is 234 g/mol. The lowest BCUT2D eigenvalue weighted by molar-refractivity contribution is 0.0690. The van der Waals surface area contributed by atoms with E-state index in [4.69, 9.17) is 5.11 Å². The van der Waals surface area contributed by atoms with Gasteiger partial charge in [-0.05, 0) is 43.2 Å². The van der Waals surface area contributed by atoms with Crippen molar-refractivity contribution in [3.05, 3.63) is 40.8 Å². The van der Waals surface area contributed by atoms with Crippen molar-refractivity contribution in [2.45, 2.75) is 13.8 Å². The third-order valence-corrected chi connectivity index (χ3v) is 2.67. The van der Waals surface area contributed by atoms with E-state index in [9.17, 15) is 9.18 Å². The molecule has 0 aliphatic rings. The van der Waals surface area contributed by atoms with E-state index in [0.29, 0.717) is 11.3 Å². The minimum Gasteiger partial charge on any atom is -0.477 e. The second-order valence-electron chi connectivity index (χ2n) is 3.89. The Kier molecular flexibility index (Phi) is 2.67. The molecular weight excluding hydrogens is 223 g/mol. The molecule has 0 unspecified atom stereocenters. The molecule has 1 aromatic carbocycles. The summed E-state index contributed by atoms with van der Waals surface area (Å²) in [5.74, 6) is -1.52. The summed E-state index contributed by atoms with van der Waals surface area (Å²) in [4.78, 5) is 10.7. The average Bonchev–Trinajstić information content (AvgIpc) is 2.72. The number of H-pyrrole nitrogens is 1. The molecule has 0 radical (unpaired) electrons. The van der Waals surface area contributed by atoms with E-state index < -0.39 is 11.8 Å². The van der Waals surface area contributed by atoms with E-state index >= 15 is 0 Å². The predicted octanol–water partition coefficient (Wildman–Crippen LogP) is 2.53. The average molecular weight is 234 g/mol. The topological polar surface area (TPSA) is 66.0 Å². The fourth-order valence-corrected chi connectivity index (χ4v) is 1.55. The first kappa shape index (κ1) is 11.3. The number of aromatic nitrogens is 2. The number of carboxylic acids is 1. The number of aromatic carboxylic acids is 1. The molecule has 0 atom stereocenters. The fourth-order valence-electron chi connectivity index (χ4n) is 1.55. The number of aromatic amines is 1. The van der Waals surface area contributed by atoms with Crippen molar-refractivity contribution in [3.63, 3.8) is 0 Å². The summed E-state index contributed by atoms with van der Waals surface area (Å²) in [5.41, 5.74) is 2.32. The number of aryl methyl sites for hydroxylation is 2. The van der Waals surface area contributed by atoms with Crippen LogP contribution in [0.5, 0.6) is 0 Å². The van der Waals surface area contributed by atoms with Crippen LogP contribution in [0.15, 0.2) is 18.2 Å². The minimum atomic E-state index is -1.12. The van der Waals surface area contributed by atoms with E-state index in [1.807, 2.05) is 13.8 Å². The van der Waals surface area contributed by atoms with Gasteiger partial charge in [-0.15, -0.1) is 0 Å². The largest absolute Gasteiger partial charge is 0.477 e. The van der Waals surface area contributed by atoms with Crippen LogP contribution in [0.1, 0.15) is 21.6 Å². The first-order chi connectivity index (χ1) is 7.99. The second kappa shape index (κ2) is 4.01. The molecule has 2 N–H and O–H groups in total. The van der Waals surface area contributed by atoms with Gasteiger partial charge in [-0.2, -0.15) is 5.10 Å². The number of rotatable bonds is 2. The maximum atomic E-state index is 13.7.